The lowest BCUT2D eigenvalue weighted by atomic mass is 10.1. The van der Waals surface area contributed by atoms with E-state index >= 15 is 0 Å². The Bertz CT molecular complexity index is 763. The van der Waals surface area contributed by atoms with E-state index in [1.54, 1.807) is 41.2 Å². The van der Waals surface area contributed by atoms with Crippen LogP contribution < -0.4 is 9.47 Å². The van der Waals surface area contributed by atoms with E-state index in [4.69, 9.17) is 9.47 Å². The largest absolute Gasteiger partial charge is 0.496 e. The molecule has 0 unspecified atom stereocenters. The molecule has 1 aliphatic heterocycles. The molecule has 0 N–H and O–H groups in total. The number of ether oxygens (including phenoxy) is 2. The van der Waals surface area contributed by atoms with Crippen molar-refractivity contribution in [1.29, 1.82) is 0 Å². The zero-order chi connectivity index (χ0) is 18.4. The molecular weight excluding hydrogens is 332 g/mol. The van der Waals surface area contributed by atoms with Gasteiger partial charge in [0.15, 0.2) is 0 Å². The standard InChI is InChI=1S/C20H22N2O4/c1-25-18-11-6-5-10-17(18)19(23)21-12-7-13-22(15-14-21)20(24)26-16-8-3-2-4-9-16/h2-6,8-11H,7,12-15H2,1H3. The molecule has 0 atom stereocenters. The molecule has 0 radical (unpaired) electrons. The van der Waals surface area contributed by atoms with Crippen LogP contribution in [0.3, 0.4) is 0 Å². The monoisotopic (exact) mass is 354 g/mol. The highest BCUT2D eigenvalue weighted by Crippen LogP contribution is 2.20. The molecule has 3 rings (SSSR count). The summed E-state index contributed by atoms with van der Waals surface area (Å²) in [4.78, 5) is 28.6. The van der Waals surface area contributed by atoms with E-state index in [1.807, 2.05) is 30.3 Å². The van der Waals surface area contributed by atoms with Gasteiger partial charge in [0, 0.05) is 26.2 Å². The van der Waals surface area contributed by atoms with Crippen molar-refractivity contribution >= 4 is 12.0 Å². The summed E-state index contributed by atoms with van der Waals surface area (Å²) in [7, 11) is 1.55. The molecule has 1 aliphatic rings. The fourth-order valence-electron chi connectivity index (χ4n) is 2.95. The van der Waals surface area contributed by atoms with Crippen molar-refractivity contribution in [2.24, 2.45) is 0 Å². The van der Waals surface area contributed by atoms with Crippen LogP contribution in [0.15, 0.2) is 54.6 Å². The minimum absolute atomic E-state index is 0.0827. The molecule has 0 saturated carbocycles. The predicted molar refractivity (Wildman–Crippen MR) is 97.6 cm³/mol. The van der Waals surface area contributed by atoms with Gasteiger partial charge >= 0.3 is 6.09 Å². The summed E-state index contributed by atoms with van der Waals surface area (Å²) in [5.74, 6) is 0.992. The van der Waals surface area contributed by atoms with Gasteiger partial charge < -0.3 is 19.3 Å². The topological polar surface area (TPSA) is 59.1 Å². The van der Waals surface area contributed by atoms with Gasteiger partial charge in [0.25, 0.3) is 5.91 Å². The number of para-hydroxylation sites is 2. The van der Waals surface area contributed by atoms with Crippen molar-refractivity contribution in [3.63, 3.8) is 0 Å². The molecule has 2 amide bonds. The summed E-state index contributed by atoms with van der Waals surface area (Å²) >= 11 is 0. The normalized spacial score (nSPS) is 14.5. The second-order valence-electron chi connectivity index (χ2n) is 6.01. The number of hydrogen-bond acceptors (Lipinski definition) is 4. The van der Waals surface area contributed by atoms with Crippen molar-refractivity contribution in [3.8, 4) is 11.5 Å². The highest BCUT2D eigenvalue weighted by atomic mass is 16.6. The molecule has 2 aromatic rings. The SMILES string of the molecule is COc1ccccc1C(=O)N1CCCN(C(=O)Oc2ccccc2)CC1. The molecule has 1 heterocycles. The van der Waals surface area contributed by atoms with Crippen LogP contribution in [0.1, 0.15) is 16.8 Å². The van der Waals surface area contributed by atoms with Crippen LogP contribution in [0.2, 0.25) is 0 Å². The predicted octanol–water partition coefficient (Wildman–Crippen LogP) is 3.04. The minimum Gasteiger partial charge on any atom is -0.496 e. The summed E-state index contributed by atoms with van der Waals surface area (Å²) in [6.07, 6.45) is 0.313. The summed E-state index contributed by atoms with van der Waals surface area (Å²) in [6, 6.07) is 16.2. The molecule has 2 aromatic carbocycles. The maximum absolute atomic E-state index is 12.8. The Morgan fingerprint density at radius 3 is 2.27 bits per heavy atom. The van der Waals surface area contributed by atoms with Crippen molar-refractivity contribution in [2.75, 3.05) is 33.3 Å². The van der Waals surface area contributed by atoms with Gasteiger partial charge in [0.1, 0.15) is 11.5 Å². The Balaban J connectivity index is 1.62. The molecule has 6 heteroatoms. The van der Waals surface area contributed by atoms with Gasteiger partial charge in [0.05, 0.1) is 12.7 Å². The highest BCUT2D eigenvalue weighted by molar-refractivity contribution is 5.97. The fourth-order valence-corrected chi connectivity index (χ4v) is 2.95. The van der Waals surface area contributed by atoms with Crippen molar-refractivity contribution in [3.05, 3.63) is 60.2 Å². The van der Waals surface area contributed by atoms with Gasteiger partial charge in [-0.05, 0) is 30.7 Å². The molecule has 0 bridgehead atoms. The van der Waals surface area contributed by atoms with E-state index in [0.717, 1.165) is 0 Å². The maximum Gasteiger partial charge on any atom is 0.415 e. The van der Waals surface area contributed by atoms with E-state index < -0.39 is 0 Å². The third-order valence-corrected chi connectivity index (χ3v) is 4.33. The first kappa shape index (κ1) is 17.8. The lowest BCUT2D eigenvalue weighted by Crippen LogP contribution is -2.38. The van der Waals surface area contributed by atoms with Gasteiger partial charge in [-0.1, -0.05) is 30.3 Å². The molecule has 136 valence electrons. The van der Waals surface area contributed by atoms with Crippen LogP contribution in [0.4, 0.5) is 4.79 Å². The third kappa shape index (κ3) is 4.14. The first-order chi connectivity index (χ1) is 12.7. The smallest absolute Gasteiger partial charge is 0.415 e. The Kier molecular flexibility index (Phi) is 5.73. The maximum atomic E-state index is 12.8. The molecule has 6 nitrogen and oxygen atoms in total. The zero-order valence-electron chi connectivity index (χ0n) is 14.8. The van der Waals surface area contributed by atoms with Gasteiger partial charge in [0.2, 0.25) is 0 Å². The van der Waals surface area contributed by atoms with Gasteiger partial charge in [-0.2, -0.15) is 0 Å². The van der Waals surface area contributed by atoms with Crippen LogP contribution >= 0.6 is 0 Å². The number of amides is 2. The summed E-state index contributed by atoms with van der Waals surface area (Å²) in [5, 5.41) is 0. The Labute approximate surface area is 152 Å². The number of hydrogen-bond donors (Lipinski definition) is 0. The zero-order valence-corrected chi connectivity index (χ0v) is 14.8. The number of carbonyl (C=O) groups is 2. The first-order valence-corrected chi connectivity index (χ1v) is 8.63. The molecule has 1 saturated heterocycles. The average Bonchev–Trinajstić information content (AvgIpc) is 2.94. The number of rotatable bonds is 3. The van der Waals surface area contributed by atoms with Gasteiger partial charge in [-0.15, -0.1) is 0 Å². The van der Waals surface area contributed by atoms with Gasteiger partial charge in [-0.3, -0.25) is 4.79 Å². The van der Waals surface area contributed by atoms with Gasteiger partial charge in [-0.25, -0.2) is 4.79 Å². The molecular formula is C20H22N2O4. The molecule has 0 spiro atoms. The second-order valence-corrected chi connectivity index (χ2v) is 6.01. The van der Waals surface area contributed by atoms with Crippen LogP contribution in [0.25, 0.3) is 0 Å². The highest BCUT2D eigenvalue weighted by Gasteiger charge is 2.25. The molecule has 0 aliphatic carbocycles. The number of nitrogens with zero attached hydrogens (tertiary/aromatic N) is 2. The van der Waals surface area contributed by atoms with E-state index in [1.165, 1.54) is 0 Å². The summed E-state index contributed by atoms with van der Waals surface area (Å²) < 4.78 is 10.7. The quantitative estimate of drug-likeness (QED) is 0.850. The molecule has 26 heavy (non-hydrogen) atoms. The lowest BCUT2D eigenvalue weighted by molar-refractivity contribution is 0.0756. The molecule has 1 fully saturated rings. The van der Waals surface area contributed by atoms with Crippen LogP contribution in [-0.4, -0.2) is 55.1 Å². The lowest BCUT2D eigenvalue weighted by Gasteiger charge is -2.22. The van der Waals surface area contributed by atoms with E-state index in [0.29, 0.717) is 49.7 Å². The first-order valence-electron chi connectivity index (χ1n) is 8.63. The second kappa shape index (κ2) is 8.38. The average molecular weight is 354 g/mol. The molecule has 0 aromatic heterocycles. The van der Waals surface area contributed by atoms with E-state index in [9.17, 15) is 9.59 Å². The van der Waals surface area contributed by atoms with Crippen molar-refractivity contribution in [2.45, 2.75) is 6.42 Å². The summed E-state index contributed by atoms with van der Waals surface area (Å²) in [5.41, 5.74) is 0.537. The Morgan fingerprint density at radius 1 is 0.846 bits per heavy atom. The minimum atomic E-state index is -0.386. The summed E-state index contributed by atoms with van der Waals surface area (Å²) in [6.45, 7) is 2.04. The number of methoxy groups -OCH3 is 1. The third-order valence-electron chi connectivity index (χ3n) is 4.33. The van der Waals surface area contributed by atoms with Crippen LogP contribution in [0, 0.1) is 0 Å². The van der Waals surface area contributed by atoms with Crippen molar-refractivity contribution < 1.29 is 19.1 Å². The van der Waals surface area contributed by atoms with E-state index in [-0.39, 0.29) is 12.0 Å². The van der Waals surface area contributed by atoms with Crippen molar-refractivity contribution in [1.82, 2.24) is 9.80 Å². The van der Waals surface area contributed by atoms with Crippen LogP contribution in [0.5, 0.6) is 11.5 Å². The van der Waals surface area contributed by atoms with Crippen LogP contribution in [-0.2, 0) is 0 Å². The Morgan fingerprint density at radius 2 is 1.50 bits per heavy atom. The Hall–Kier alpha value is -3.02. The number of carbonyl (C=O) groups excluding carboxylic acids is 2. The fraction of sp³-hybridized carbons (Fsp3) is 0.300. The van der Waals surface area contributed by atoms with E-state index in [2.05, 4.69) is 0 Å². The number of benzene rings is 2.